The van der Waals surface area contributed by atoms with E-state index in [2.05, 4.69) is 6.92 Å². The normalized spacial score (nSPS) is 9.69. The maximum absolute atomic E-state index is 5.58. The molecular weight excluding hydrogens is 180 g/mol. The highest BCUT2D eigenvalue weighted by atomic mass is 35.5. The molecule has 0 atom stereocenters. The van der Waals surface area contributed by atoms with Gasteiger partial charge in [0.15, 0.2) is 0 Å². The number of halogens is 1. The van der Waals surface area contributed by atoms with Gasteiger partial charge in [-0.05, 0) is 6.42 Å². The van der Waals surface area contributed by atoms with Crippen LogP contribution in [0.1, 0.15) is 72.1 Å². The van der Waals surface area contributed by atoms with Crippen molar-refractivity contribution >= 4 is 11.6 Å². The molecule has 0 fully saturated rings. The molecule has 0 radical (unpaired) electrons. The summed E-state index contributed by atoms with van der Waals surface area (Å²) < 4.78 is 0. The van der Waals surface area contributed by atoms with Crippen molar-refractivity contribution < 1.29 is 0 Å². The van der Waals surface area contributed by atoms with Crippen LogP contribution in [0.25, 0.3) is 0 Å². The maximum atomic E-state index is 5.58. The predicted octanol–water partition coefficient (Wildman–Crippen LogP) is 5.39. The molecule has 0 bridgehead atoms. The van der Waals surface area contributed by atoms with Crippen LogP contribution in [-0.2, 0) is 0 Å². The summed E-state index contributed by atoms with van der Waals surface area (Å²) in [5.74, 6) is 0.843. The molecule has 0 N–H and O–H groups in total. The van der Waals surface area contributed by atoms with Crippen molar-refractivity contribution in [1.82, 2.24) is 0 Å². The molecule has 82 valence electrons. The van der Waals surface area contributed by atoms with Gasteiger partial charge in [-0.2, -0.15) is 0 Å². The van der Waals surface area contributed by atoms with Gasteiger partial charge < -0.3 is 0 Å². The van der Waals surface area contributed by atoms with Crippen LogP contribution in [0.5, 0.6) is 0 Å². The second-order valence-corrected chi connectivity index (χ2v) is 3.90. The molecule has 0 aromatic rings. The van der Waals surface area contributed by atoms with E-state index in [1.807, 2.05) is 0 Å². The first kappa shape index (κ1) is 15.7. The Labute approximate surface area is 90.1 Å². The molecule has 0 saturated carbocycles. The van der Waals surface area contributed by atoms with Crippen molar-refractivity contribution in [2.75, 3.05) is 5.88 Å². The summed E-state index contributed by atoms with van der Waals surface area (Å²) in [6.45, 7) is 2.26. The summed E-state index contributed by atoms with van der Waals surface area (Å²) in [6, 6.07) is 0. The van der Waals surface area contributed by atoms with Crippen molar-refractivity contribution in [2.24, 2.45) is 0 Å². The zero-order valence-corrected chi connectivity index (χ0v) is 9.20. The van der Waals surface area contributed by atoms with E-state index < -0.39 is 0 Å². The van der Waals surface area contributed by atoms with Gasteiger partial charge in [-0.25, -0.2) is 0 Å². The first-order valence-corrected chi connectivity index (χ1v) is 6.01. The Morgan fingerprint density at radius 3 is 1.46 bits per heavy atom. The Morgan fingerprint density at radius 2 is 1.08 bits per heavy atom. The second-order valence-electron chi connectivity index (χ2n) is 3.52. The van der Waals surface area contributed by atoms with E-state index in [1.54, 1.807) is 0 Å². The lowest BCUT2D eigenvalue weighted by Gasteiger charge is -1.99. The lowest BCUT2D eigenvalue weighted by Crippen LogP contribution is -1.81. The van der Waals surface area contributed by atoms with Gasteiger partial charge >= 0.3 is 0 Å². The number of unbranched alkanes of at least 4 members (excludes halogenated alkanes) is 8. The molecule has 13 heavy (non-hydrogen) atoms. The maximum Gasteiger partial charge on any atom is 0.0223 e. The molecule has 0 aromatic carbocycles. The van der Waals surface area contributed by atoms with Crippen molar-refractivity contribution in [1.29, 1.82) is 0 Å². The number of alkyl halides is 1. The van der Waals surface area contributed by atoms with Crippen molar-refractivity contribution in [3.05, 3.63) is 0 Å². The van der Waals surface area contributed by atoms with E-state index in [0.717, 1.165) is 5.88 Å². The third-order valence-corrected chi connectivity index (χ3v) is 2.50. The molecule has 0 aliphatic carbocycles. The van der Waals surface area contributed by atoms with Crippen LogP contribution in [0.3, 0.4) is 0 Å². The number of hydrogen-bond acceptors (Lipinski definition) is 0. The molecule has 0 aromatic heterocycles. The predicted molar refractivity (Wildman–Crippen MR) is 64.7 cm³/mol. The standard InChI is InChI=1S/C11H23Cl.CH4/c1-2-3-4-5-6-7-8-9-10-11-12;/h2-11H2,1H3;1H4. The minimum atomic E-state index is 0. The van der Waals surface area contributed by atoms with Crippen molar-refractivity contribution in [2.45, 2.75) is 72.1 Å². The first-order valence-electron chi connectivity index (χ1n) is 5.47. The summed E-state index contributed by atoms with van der Waals surface area (Å²) >= 11 is 5.58. The first-order chi connectivity index (χ1) is 5.91. The van der Waals surface area contributed by atoms with Gasteiger partial charge in [0.2, 0.25) is 0 Å². The zero-order chi connectivity index (χ0) is 9.07. The van der Waals surface area contributed by atoms with Gasteiger partial charge in [-0.1, -0.05) is 65.7 Å². The highest BCUT2D eigenvalue weighted by molar-refractivity contribution is 6.17. The van der Waals surface area contributed by atoms with E-state index >= 15 is 0 Å². The fourth-order valence-corrected chi connectivity index (χ4v) is 1.59. The Balaban J connectivity index is 0. The average molecular weight is 207 g/mol. The van der Waals surface area contributed by atoms with Crippen molar-refractivity contribution in [3.8, 4) is 0 Å². The van der Waals surface area contributed by atoms with Gasteiger partial charge in [0, 0.05) is 5.88 Å². The molecule has 0 spiro atoms. The Kier molecular flexibility index (Phi) is 17.9. The van der Waals surface area contributed by atoms with Crippen LogP contribution in [0.15, 0.2) is 0 Å². The van der Waals surface area contributed by atoms with Crippen LogP contribution < -0.4 is 0 Å². The topological polar surface area (TPSA) is 0 Å². The van der Waals surface area contributed by atoms with Gasteiger partial charge in [0.1, 0.15) is 0 Å². The average Bonchev–Trinajstić information content (AvgIpc) is 2.10. The molecule has 0 heterocycles. The number of rotatable bonds is 9. The molecule has 0 nitrogen and oxygen atoms in total. The largest absolute Gasteiger partial charge is 0.127 e. The summed E-state index contributed by atoms with van der Waals surface area (Å²) in [5, 5.41) is 0. The molecule has 0 aliphatic heterocycles. The monoisotopic (exact) mass is 206 g/mol. The second kappa shape index (κ2) is 14.8. The lowest BCUT2D eigenvalue weighted by atomic mass is 10.1. The SMILES string of the molecule is C.CCCCCCCCCCCCl. The molecular formula is C12H27Cl. The minimum absolute atomic E-state index is 0. The summed E-state index contributed by atoms with van der Waals surface area (Å²) in [4.78, 5) is 0. The van der Waals surface area contributed by atoms with E-state index in [-0.39, 0.29) is 7.43 Å². The van der Waals surface area contributed by atoms with Gasteiger partial charge in [0.25, 0.3) is 0 Å². The smallest absolute Gasteiger partial charge is 0.0223 e. The summed E-state index contributed by atoms with van der Waals surface area (Å²) in [6.07, 6.45) is 12.4. The molecule has 0 aliphatic rings. The zero-order valence-electron chi connectivity index (χ0n) is 8.45. The van der Waals surface area contributed by atoms with E-state index in [1.165, 1.54) is 57.8 Å². The Bertz CT molecular complexity index is 61.5. The van der Waals surface area contributed by atoms with Crippen molar-refractivity contribution in [3.63, 3.8) is 0 Å². The van der Waals surface area contributed by atoms with Gasteiger partial charge in [-0.15, -0.1) is 11.6 Å². The fourth-order valence-electron chi connectivity index (χ4n) is 1.41. The molecule has 1 heteroatoms. The summed E-state index contributed by atoms with van der Waals surface area (Å²) in [7, 11) is 0. The van der Waals surface area contributed by atoms with E-state index in [0.29, 0.717) is 0 Å². The van der Waals surface area contributed by atoms with E-state index in [4.69, 9.17) is 11.6 Å². The van der Waals surface area contributed by atoms with Gasteiger partial charge in [0.05, 0.1) is 0 Å². The van der Waals surface area contributed by atoms with Crippen LogP contribution in [0.2, 0.25) is 0 Å². The highest BCUT2D eigenvalue weighted by Gasteiger charge is 1.90. The third kappa shape index (κ3) is 15.1. The van der Waals surface area contributed by atoms with Gasteiger partial charge in [-0.3, -0.25) is 0 Å². The quantitative estimate of drug-likeness (QED) is 0.351. The Morgan fingerprint density at radius 1 is 0.692 bits per heavy atom. The highest BCUT2D eigenvalue weighted by Crippen LogP contribution is 2.09. The molecule has 0 unspecified atom stereocenters. The lowest BCUT2D eigenvalue weighted by molar-refractivity contribution is 0.573. The van der Waals surface area contributed by atoms with Crippen LogP contribution in [0.4, 0.5) is 0 Å². The van der Waals surface area contributed by atoms with Crippen LogP contribution in [0, 0.1) is 0 Å². The van der Waals surface area contributed by atoms with Crippen LogP contribution >= 0.6 is 11.6 Å². The molecule has 0 saturated heterocycles. The minimum Gasteiger partial charge on any atom is -0.127 e. The van der Waals surface area contributed by atoms with Crippen LogP contribution in [-0.4, -0.2) is 5.88 Å². The molecule has 0 rings (SSSR count). The van der Waals surface area contributed by atoms with E-state index in [9.17, 15) is 0 Å². The Hall–Kier alpha value is 0.290. The fraction of sp³-hybridized carbons (Fsp3) is 1.00. The number of hydrogen-bond donors (Lipinski definition) is 0. The third-order valence-electron chi connectivity index (χ3n) is 2.24. The molecule has 0 amide bonds. The summed E-state index contributed by atoms with van der Waals surface area (Å²) in [5.41, 5.74) is 0.